The number of thioether (sulfide) groups is 1. The van der Waals surface area contributed by atoms with E-state index in [4.69, 9.17) is 21.7 Å². The first kappa shape index (κ1) is 18.5. The number of methoxy groups -OCH3 is 1. The molecule has 134 valence electrons. The summed E-state index contributed by atoms with van der Waals surface area (Å²) in [5.41, 5.74) is 2.69. The van der Waals surface area contributed by atoms with Gasteiger partial charge in [0, 0.05) is 0 Å². The molecule has 0 saturated carbocycles. The summed E-state index contributed by atoms with van der Waals surface area (Å²) in [6, 6.07) is 13.3. The van der Waals surface area contributed by atoms with Crippen LogP contribution in [0.4, 0.5) is 5.69 Å². The van der Waals surface area contributed by atoms with E-state index in [1.165, 1.54) is 11.8 Å². The smallest absolute Gasteiger partial charge is 0.270 e. The predicted molar refractivity (Wildman–Crippen MR) is 111 cm³/mol. The lowest BCUT2D eigenvalue weighted by atomic mass is 10.1. The summed E-state index contributed by atoms with van der Waals surface area (Å²) < 4.78 is 11.4. The monoisotopic (exact) mass is 385 g/mol. The van der Waals surface area contributed by atoms with Gasteiger partial charge in [0.25, 0.3) is 5.91 Å². The first-order valence-electron chi connectivity index (χ1n) is 8.19. The van der Waals surface area contributed by atoms with Crippen molar-refractivity contribution in [3.8, 4) is 11.5 Å². The Bertz CT molecular complexity index is 892. The highest BCUT2D eigenvalue weighted by atomic mass is 32.2. The van der Waals surface area contributed by atoms with Crippen molar-refractivity contribution >= 4 is 46.0 Å². The van der Waals surface area contributed by atoms with Gasteiger partial charge in [-0.2, -0.15) is 0 Å². The zero-order valence-electron chi connectivity index (χ0n) is 14.8. The van der Waals surface area contributed by atoms with Crippen molar-refractivity contribution in [2.75, 3.05) is 18.6 Å². The summed E-state index contributed by atoms with van der Waals surface area (Å²) >= 11 is 6.75. The van der Waals surface area contributed by atoms with Crippen molar-refractivity contribution in [3.63, 3.8) is 0 Å². The first-order valence-corrected chi connectivity index (χ1v) is 9.42. The molecule has 0 bridgehead atoms. The lowest BCUT2D eigenvalue weighted by molar-refractivity contribution is -0.113. The number of rotatable bonds is 5. The van der Waals surface area contributed by atoms with Crippen LogP contribution >= 0.6 is 24.0 Å². The number of carbonyl (C=O) groups is 1. The number of para-hydroxylation sites is 1. The van der Waals surface area contributed by atoms with E-state index in [0.29, 0.717) is 27.3 Å². The number of thiocarbonyl (C=S) groups is 1. The number of ether oxygens (including phenoxy) is 2. The fraction of sp³-hybridized carbons (Fsp3) is 0.200. The SMILES string of the molecule is CCOc1cc(/C=C2/SC(=S)N(c3ccccc3C)C2=O)ccc1OC. The minimum atomic E-state index is -0.108. The molecule has 1 amide bonds. The number of amides is 1. The van der Waals surface area contributed by atoms with Gasteiger partial charge in [-0.15, -0.1) is 0 Å². The average molecular weight is 386 g/mol. The molecule has 1 heterocycles. The van der Waals surface area contributed by atoms with Gasteiger partial charge in [-0.1, -0.05) is 48.2 Å². The van der Waals surface area contributed by atoms with Crippen molar-refractivity contribution in [1.82, 2.24) is 0 Å². The van der Waals surface area contributed by atoms with Crippen molar-refractivity contribution < 1.29 is 14.3 Å². The Kier molecular flexibility index (Phi) is 5.64. The maximum absolute atomic E-state index is 12.9. The Hall–Kier alpha value is -2.31. The third-order valence-corrected chi connectivity index (χ3v) is 5.24. The molecule has 0 unspecified atom stereocenters. The molecule has 0 aliphatic carbocycles. The van der Waals surface area contributed by atoms with Gasteiger partial charge >= 0.3 is 0 Å². The molecule has 1 aliphatic rings. The van der Waals surface area contributed by atoms with Crippen LogP contribution in [0.5, 0.6) is 11.5 Å². The Labute approximate surface area is 162 Å². The molecule has 1 saturated heterocycles. The van der Waals surface area contributed by atoms with Gasteiger partial charge in [-0.25, -0.2) is 0 Å². The molecule has 6 heteroatoms. The van der Waals surface area contributed by atoms with E-state index in [9.17, 15) is 4.79 Å². The highest BCUT2D eigenvalue weighted by molar-refractivity contribution is 8.27. The molecule has 2 aromatic carbocycles. The largest absolute Gasteiger partial charge is 0.493 e. The van der Waals surface area contributed by atoms with Gasteiger partial charge in [-0.3, -0.25) is 9.69 Å². The molecular weight excluding hydrogens is 366 g/mol. The van der Waals surface area contributed by atoms with Gasteiger partial charge < -0.3 is 9.47 Å². The van der Waals surface area contributed by atoms with E-state index in [1.54, 1.807) is 12.0 Å². The normalized spacial score (nSPS) is 15.7. The zero-order chi connectivity index (χ0) is 18.7. The van der Waals surface area contributed by atoms with Crippen molar-refractivity contribution in [1.29, 1.82) is 0 Å². The number of anilines is 1. The molecule has 1 fully saturated rings. The van der Waals surface area contributed by atoms with Crippen molar-refractivity contribution in [2.24, 2.45) is 0 Å². The maximum atomic E-state index is 12.9. The van der Waals surface area contributed by atoms with Crippen molar-refractivity contribution in [3.05, 3.63) is 58.5 Å². The third kappa shape index (κ3) is 3.61. The zero-order valence-corrected chi connectivity index (χ0v) is 16.4. The fourth-order valence-electron chi connectivity index (χ4n) is 2.69. The summed E-state index contributed by atoms with van der Waals surface area (Å²) in [5, 5.41) is 0. The maximum Gasteiger partial charge on any atom is 0.270 e. The predicted octanol–water partition coefficient (Wildman–Crippen LogP) is 4.81. The van der Waals surface area contributed by atoms with E-state index in [2.05, 4.69) is 0 Å². The average Bonchev–Trinajstić information content (AvgIpc) is 2.90. The van der Waals surface area contributed by atoms with E-state index in [1.807, 2.05) is 62.4 Å². The van der Waals surface area contributed by atoms with E-state index < -0.39 is 0 Å². The molecule has 0 spiro atoms. The van der Waals surface area contributed by atoms with Crippen LogP contribution in [0.2, 0.25) is 0 Å². The summed E-state index contributed by atoms with van der Waals surface area (Å²) in [6.45, 7) is 4.42. The summed E-state index contributed by atoms with van der Waals surface area (Å²) in [6.07, 6.45) is 1.83. The van der Waals surface area contributed by atoms with E-state index >= 15 is 0 Å². The van der Waals surface area contributed by atoms with Gasteiger partial charge in [-0.05, 0) is 49.2 Å². The third-order valence-electron chi connectivity index (χ3n) is 3.94. The fourth-order valence-corrected chi connectivity index (χ4v) is 3.98. The minimum absolute atomic E-state index is 0.108. The molecule has 0 aromatic heterocycles. The molecule has 0 atom stereocenters. The number of benzene rings is 2. The molecule has 0 radical (unpaired) electrons. The minimum Gasteiger partial charge on any atom is -0.493 e. The number of aryl methyl sites for hydroxylation is 1. The Morgan fingerprint density at radius 2 is 1.96 bits per heavy atom. The van der Waals surface area contributed by atoms with Crippen molar-refractivity contribution in [2.45, 2.75) is 13.8 Å². The number of carbonyl (C=O) groups excluding carboxylic acids is 1. The number of hydrogen-bond acceptors (Lipinski definition) is 5. The second-order valence-corrected chi connectivity index (χ2v) is 7.32. The molecule has 3 rings (SSSR count). The highest BCUT2D eigenvalue weighted by Gasteiger charge is 2.33. The summed E-state index contributed by atoms with van der Waals surface area (Å²) in [4.78, 5) is 15.1. The van der Waals surface area contributed by atoms with Crippen LogP contribution < -0.4 is 14.4 Å². The van der Waals surface area contributed by atoms with Crippen LogP contribution in [-0.2, 0) is 4.79 Å². The second-order valence-electron chi connectivity index (χ2n) is 5.65. The Morgan fingerprint density at radius 1 is 1.19 bits per heavy atom. The first-order chi connectivity index (χ1) is 12.5. The van der Waals surface area contributed by atoms with Crippen LogP contribution in [0.15, 0.2) is 47.4 Å². The standard InChI is InChI=1S/C20H19NO3S2/c1-4-24-17-11-14(9-10-16(17)23-3)12-18-19(22)21(20(25)26-18)15-8-6-5-7-13(15)2/h5-12H,4H2,1-3H3/b18-12+. The number of nitrogens with zero attached hydrogens (tertiary/aromatic N) is 1. The molecule has 4 nitrogen and oxygen atoms in total. The van der Waals surface area contributed by atoms with Crippen LogP contribution in [0.1, 0.15) is 18.1 Å². The molecule has 0 N–H and O–H groups in total. The second kappa shape index (κ2) is 7.93. The summed E-state index contributed by atoms with van der Waals surface area (Å²) in [5.74, 6) is 1.21. The van der Waals surface area contributed by atoms with Crippen LogP contribution in [0, 0.1) is 6.92 Å². The summed E-state index contributed by atoms with van der Waals surface area (Å²) in [7, 11) is 1.60. The lowest BCUT2D eigenvalue weighted by Crippen LogP contribution is -2.28. The molecule has 26 heavy (non-hydrogen) atoms. The van der Waals surface area contributed by atoms with Crippen LogP contribution in [0.25, 0.3) is 6.08 Å². The quantitative estimate of drug-likeness (QED) is 0.546. The van der Waals surface area contributed by atoms with E-state index in [0.717, 1.165) is 16.8 Å². The topological polar surface area (TPSA) is 38.8 Å². The Balaban J connectivity index is 1.93. The highest BCUT2D eigenvalue weighted by Crippen LogP contribution is 2.38. The van der Waals surface area contributed by atoms with Crippen LogP contribution in [0.3, 0.4) is 0 Å². The number of hydrogen-bond donors (Lipinski definition) is 0. The molecular formula is C20H19NO3S2. The van der Waals surface area contributed by atoms with Gasteiger partial charge in [0.2, 0.25) is 0 Å². The lowest BCUT2D eigenvalue weighted by Gasteiger charge is -2.16. The van der Waals surface area contributed by atoms with Crippen LogP contribution in [-0.4, -0.2) is 23.9 Å². The van der Waals surface area contributed by atoms with Gasteiger partial charge in [0.15, 0.2) is 15.8 Å². The molecule has 2 aromatic rings. The molecule has 1 aliphatic heterocycles. The Morgan fingerprint density at radius 3 is 2.65 bits per heavy atom. The van der Waals surface area contributed by atoms with Gasteiger partial charge in [0.1, 0.15) is 0 Å². The van der Waals surface area contributed by atoms with Gasteiger partial charge in [0.05, 0.1) is 24.3 Å². The van der Waals surface area contributed by atoms with E-state index in [-0.39, 0.29) is 5.91 Å².